The first-order chi connectivity index (χ1) is 13.4. The molecule has 0 unspecified atom stereocenters. The number of likely N-dealkylation sites (N-methyl/N-ethyl adjacent to an activating group) is 1. The number of rotatable bonds is 7. The first kappa shape index (κ1) is 20.1. The molecule has 1 aromatic heterocycles. The van der Waals surface area contributed by atoms with Gasteiger partial charge in [-0.25, -0.2) is 4.79 Å². The third kappa shape index (κ3) is 4.11. The Morgan fingerprint density at radius 3 is 2.61 bits per heavy atom. The third-order valence-corrected chi connectivity index (χ3v) is 5.50. The van der Waals surface area contributed by atoms with Gasteiger partial charge in [0.25, 0.3) is 0 Å². The highest BCUT2D eigenvalue weighted by Crippen LogP contribution is 2.23. The maximum Gasteiger partial charge on any atom is 0.336 e. The summed E-state index contributed by atoms with van der Waals surface area (Å²) < 4.78 is 11.0. The van der Waals surface area contributed by atoms with Crippen LogP contribution in [0.3, 0.4) is 0 Å². The van der Waals surface area contributed by atoms with Crippen LogP contribution in [0.4, 0.5) is 0 Å². The summed E-state index contributed by atoms with van der Waals surface area (Å²) in [4.78, 5) is 13.4. The normalized spacial score (nSPS) is 12.5. The molecular formula is C23H30N2O3+2. The molecule has 0 aliphatic rings. The molecule has 0 aliphatic carbocycles. The zero-order valence-electron chi connectivity index (χ0n) is 17.3. The maximum atomic E-state index is 12.1. The smallest absolute Gasteiger partial charge is 0.336 e. The van der Waals surface area contributed by atoms with Crippen molar-refractivity contribution in [2.75, 3.05) is 27.7 Å². The van der Waals surface area contributed by atoms with Gasteiger partial charge in [0.1, 0.15) is 24.4 Å². The van der Waals surface area contributed by atoms with Crippen molar-refractivity contribution in [1.82, 2.24) is 0 Å². The molecule has 1 atom stereocenters. The van der Waals surface area contributed by atoms with E-state index in [1.165, 1.54) is 10.5 Å². The molecular weight excluding hydrogens is 352 g/mol. The van der Waals surface area contributed by atoms with Crippen molar-refractivity contribution in [2.24, 2.45) is 0 Å². The fourth-order valence-electron chi connectivity index (χ4n) is 3.73. The Kier molecular flexibility index (Phi) is 6.17. The van der Waals surface area contributed by atoms with E-state index >= 15 is 0 Å². The zero-order chi connectivity index (χ0) is 20.3. The topological polar surface area (TPSA) is 60.5 Å². The Labute approximate surface area is 165 Å². The molecule has 0 saturated heterocycles. The molecule has 0 bridgehead atoms. The van der Waals surface area contributed by atoms with E-state index in [4.69, 9.17) is 9.15 Å². The van der Waals surface area contributed by atoms with Crippen LogP contribution < -0.4 is 20.6 Å². The molecule has 0 fully saturated rings. The highest BCUT2D eigenvalue weighted by atomic mass is 16.5. The SMILES string of the molecule is COc1ccccc1[C@@H](C[NH2+]Cc1cc(=O)oc2c(C)c(C)ccc12)[NH+](C)C. The number of methoxy groups -OCH3 is 1. The molecule has 0 aliphatic heterocycles. The van der Waals surface area contributed by atoms with Gasteiger partial charge in [-0.05, 0) is 37.1 Å². The number of quaternary nitrogens is 2. The quantitative estimate of drug-likeness (QED) is 0.607. The summed E-state index contributed by atoms with van der Waals surface area (Å²) in [5, 5.41) is 3.28. The van der Waals surface area contributed by atoms with E-state index in [1.807, 2.05) is 26.0 Å². The fraction of sp³-hybridized carbons (Fsp3) is 0.348. The van der Waals surface area contributed by atoms with E-state index in [1.54, 1.807) is 13.2 Å². The van der Waals surface area contributed by atoms with E-state index < -0.39 is 0 Å². The summed E-state index contributed by atoms with van der Waals surface area (Å²) in [7, 11) is 6.03. The lowest BCUT2D eigenvalue weighted by atomic mass is 10.0. The van der Waals surface area contributed by atoms with E-state index in [9.17, 15) is 4.79 Å². The highest BCUT2D eigenvalue weighted by Gasteiger charge is 2.23. The predicted molar refractivity (Wildman–Crippen MR) is 111 cm³/mol. The Morgan fingerprint density at radius 2 is 1.89 bits per heavy atom. The Bertz CT molecular complexity index is 1020. The van der Waals surface area contributed by atoms with Gasteiger partial charge in [0.15, 0.2) is 6.04 Å². The van der Waals surface area contributed by atoms with Gasteiger partial charge < -0.3 is 19.4 Å². The molecule has 3 rings (SSSR count). The molecule has 148 valence electrons. The Balaban J connectivity index is 1.84. The molecule has 28 heavy (non-hydrogen) atoms. The monoisotopic (exact) mass is 382 g/mol. The molecule has 0 amide bonds. The van der Waals surface area contributed by atoms with Crippen molar-refractivity contribution in [2.45, 2.75) is 26.4 Å². The highest BCUT2D eigenvalue weighted by molar-refractivity contribution is 5.83. The molecule has 0 radical (unpaired) electrons. The minimum absolute atomic E-state index is 0.284. The van der Waals surface area contributed by atoms with Crippen molar-refractivity contribution >= 4 is 11.0 Å². The van der Waals surface area contributed by atoms with Gasteiger partial charge in [-0.2, -0.15) is 0 Å². The van der Waals surface area contributed by atoms with Crippen LogP contribution in [-0.4, -0.2) is 27.7 Å². The van der Waals surface area contributed by atoms with Gasteiger partial charge in [-0.1, -0.05) is 24.3 Å². The Hall–Kier alpha value is -2.63. The number of fused-ring (bicyclic) bond motifs is 1. The maximum absolute atomic E-state index is 12.1. The number of para-hydroxylation sites is 1. The second-order valence-corrected chi connectivity index (χ2v) is 7.58. The van der Waals surface area contributed by atoms with Crippen molar-refractivity contribution in [3.05, 3.63) is 75.1 Å². The number of hydrogen-bond donors (Lipinski definition) is 2. The minimum atomic E-state index is -0.288. The van der Waals surface area contributed by atoms with Crippen molar-refractivity contribution in [3.8, 4) is 5.75 Å². The molecule has 1 heterocycles. The van der Waals surface area contributed by atoms with Crippen molar-refractivity contribution in [3.63, 3.8) is 0 Å². The van der Waals surface area contributed by atoms with E-state index in [0.717, 1.165) is 40.9 Å². The van der Waals surface area contributed by atoms with Gasteiger partial charge in [-0.15, -0.1) is 0 Å². The van der Waals surface area contributed by atoms with E-state index in [0.29, 0.717) is 5.58 Å². The second-order valence-electron chi connectivity index (χ2n) is 7.58. The summed E-state index contributed by atoms with van der Waals surface area (Å²) in [6, 6.07) is 14.2. The lowest BCUT2D eigenvalue weighted by molar-refractivity contribution is -0.910. The predicted octanol–water partition coefficient (Wildman–Crippen LogP) is 1.37. The molecule has 5 heteroatoms. The third-order valence-electron chi connectivity index (χ3n) is 5.50. The van der Waals surface area contributed by atoms with Gasteiger partial charge >= 0.3 is 5.63 Å². The molecule has 0 saturated carbocycles. The largest absolute Gasteiger partial charge is 0.496 e. The number of ether oxygens (including phenoxy) is 1. The molecule has 2 aromatic carbocycles. The Morgan fingerprint density at radius 1 is 1.14 bits per heavy atom. The number of hydrogen-bond acceptors (Lipinski definition) is 3. The van der Waals surface area contributed by atoms with Crippen LogP contribution in [0.5, 0.6) is 5.75 Å². The van der Waals surface area contributed by atoms with Crippen molar-refractivity contribution in [1.29, 1.82) is 0 Å². The summed E-state index contributed by atoms with van der Waals surface area (Å²) in [6.07, 6.45) is 0. The average Bonchev–Trinajstić information content (AvgIpc) is 2.68. The number of benzene rings is 2. The lowest BCUT2D eigenvalue weighted by Gasteiger charge is -2.22. The minimum Gasteiger partial charge on any atom is -0.496 e. The molecule has 3 N–H and O–H groups in total. The van der Waals surface area contributed by atoms with Gasteiger partial charge in [0.05, 0.1) is 26.8 Å². The van der Waals surface area contributed by atoms with Crippen LogP contribution in [0.15, 0.2) is 51.7 Å². The van der Waals surface area contributed by atoms with Crippen LogP contribution in [0.2, 0.25) is 0 Å². The number of aryl methyl sites for hydroxylation is 2. The van der Waals surface area contributed by atoms with Gasteiger partial charge in [0, 0.05) is 17.0 Å². The van der Waals surface area contributed by atoms with E-state index in [-0.39, 0.29) is 11.7 Å². The van der Waals surface area contributed by atoms with Crippen LogP contribution >= 0.6 is 0 Å². The summed E-state index contributed by atoms with van der Waals surface area (Å²) in [6.45, 7) is 5.64. The van der Waals surface area contributed by atoms with Crippen LogP contribution in [0.25, 0.3) is 11.0 Å². The molecule has 3 aromatic rings. The van der Waals surface area contributed by atoms with Gasteiger partial charge in [-0.3, -0.25) is 0 Å². The summed E-state index contributed by atoms with van der Waals surface area (Å²) in [5.74, 6) is 0.916. The van der Waals surface area contributed by atoms with Crippen LogP contribution in [-0.2, 0) is 6.54 Å². The van der Waals surface area contributed by atoms with E-state index in [2.05, 4.69) is 43.7 Å². The fourth-order valence-corrected chi connectivity index (χ4v) is 3.73. The zero-order valence-corrected chi connectivity index (χ0v) is 17.3. The number of nitrogens with two attached hydrogens (primary N) is 1. The van der Waals surface area contributed by atoms with Crippen LogP contribution in [0, 0.1) is 13.8 Å². The first-order valence-electron chi connectivity index (χ1n) is 9.70. The van der Waals surface area contributed by atoms with Gasteiger partial charge in [0.2, 0.25) is 0 Å². The summed E-state index contributed by atoms with van der Waals surface area (Å²) in [5.41, 5.74) is 4.79. The summed E-state index contributed by atoms with van der Waals surface area (Å²) >= 11 is 0. The number of nitrogens with one attached hydrogen (secondary N) is 1. The standard InChI is InChI=1S/C23H28N2O3/c1-15-10-11-18-17(12-22(26)28-23(18)16(15)2)13-24-14-20(25(3)4)19-8-6-7-9-21(19)27-5/h6-12,20,24H,13-14H2,1-5H3/p+2/t20-/m1/s1. The molecule has 5 nitrogen and oxygen atoms in total. The first-order valence-corrected chi connectivity index (χ1v) is 9.70. The van der Waals surface area contributed by atoms with Crippen LogP contribution in [0.1, 0.15) is 28.3 Å². The average molecular weight is 383 g/mol. The second kappa shape index (κ2) is 8.59. The lowest BCUT2D eigenvalue weighted by Crippen LogP contribution is -3.09. The van der Waals surface area contributed by atoms with Crippen molar-refractivity contribution < 1.29 is 19.4 Å². The molecule has 0 spiro atoms.